The number of carboxylic acid groups (broad SMARTS) is 1. The molecule has 0 spiro atoms. The van der Waals surface area contributed by atoms with Crippen LogP contribution in [0.3, 0.4) is 0 Å². The molecular formula is C13H16ClN3O3. The number of anilines is 1. The molecule has 2 heterocycles. The summed E-state index contributed by atoms with van der Waals surface area (Å²) in [6.07, 6.45) is 0.411. The number of nitrogens with zero attached hydrogens (tertiary/aromatic N) is 2. The van der Waals surface area contributed by atoms with Crippen LogP contribution in [0.5, 0.6) is 0 Å². The van der Waals surface area contributed by atoms with Crippen LogP contribution < -0.4 is 10.2 Å². The fourth-order valence-corrected chi connectivity index (χ4v) is 2.48. The van der Waals surface area contributed by atoms with E-state index in [1.54, 1.807) is 12.1 Å². The van der Waals surface area contributed by atoms with Crippen LogP contribution in [-0.4, -0.2) is 41.1 Å². The average Bonchev–Trinajstić information content (AvgIpc) is 2.38. The number of nitrogens with one attached hydrogen (secondary N) is 1. The molecule has 7 heteroatoms. The van der Waals surface area contributed by atoms with Gasteiger partial charge < -0.3 is 15.3 Å². The molecular weight excluding hydrogens is 282 g/mol. The summed E-state index contributed by atoms with van der Waals surface area (Å²) in [6, 6.07) is 3.24. The van der Waals surface area contributed by atoms with Crippen LogP contribution in [0.4, 0.5) is 10.6 Å². The fourth-order valence-electron chi connectivity index (χ4n) is 2.28. The summed E-state index contributed by atoms with van der Waals surface area (Å²) in [5.41, 5.74) is 0.533. The number of amides is 1. The van der Waals surface area contributed by atoms with E-state index in [1.807, 2.05) is 4.90 Å². The molecule has 0 aromatic carbocycles. The van der Waals surface area contributed by atoms with Crippen LogP contribution >= 0.6 is 11.6 Å². The molecule has 6 nitrogen and oxygen atoms in total. The number of ketones is 1. The van der Waals surface area contributed by atoms with Gasteiger partial charge in [-0.05, 0) is 31.9 Å². The number of carbonyl (C=O) groups is 2. The molecule has 2 N–H and O–H groups in total. The van der Waals surface area contributed by atoms with Crippen molar-refractivity contribution in [1.29, 1.82) is 0 Å². The minimum absolute atomic E-state index is 0.0322. The Morgan fingerprint density at radius 1 is 1.40 bits per heavy atom. The van der Waals surface area contributed by atoms with Crippen molar-refractivity contribution in [2.75, 3.05) is 18.0 Å². The van der Waals surface area contributed by atoms with Crippen molar-refractivity contribution in [3.8, 4) is 0 Å². The van der Waals surface area contributed by atoms with Gasteiger partial charge in [0.15, 0.2) is 5.78 Å². The molecule has 108 valence electrons. The number of carbonyl (C=O) groups excluding carboxylic acids is 1. The lowest BCUT2D eigenvalue weighted by atomic mass is 10.0. The summed E-state index contributed by atoms with van der Waals surface area (Å²) in [5, 5.41) is 11.5. The first-order chi connectivity index (χ1) is 9.45. The summed E-state index contributed by atoms with van der Waals surface area (Å²) in [5.74, 6) is 0.606. The van der Waals surface area contributed by atoms with Crippen molar-refractivity contribution in [2.24, 2.45) is 0 Å². The Balaban J connectivity index is 2.07. The van der Waals surface area contributed by atoms with E-state index in [9.17, 15) is 9.59 Å². The van der Waals surface area contributed by atoms with Gasteiger partial charge in [-0.1, -0.05) is 11.6 Å². The van der Waals surface area contributed by atoms with Gasteiger partial charge in [0.2, 0.25) is 0 Å². The highest BCUT2D eigenvalue weighted by Crippen LogP contribution is 2.22. The first kappa shape index (κ1) is 14.6. The first-order valence-electron chi connectivity index (χ1n) is 6.38. The topological polar surface area (TPSA) is 82.5 Å². The highest BCUT2D eigenvalue weighted by molar-refractivity contribution is 6.29. The van der Waals surface area contributed by atoms with Crippen molar-refractivity contribution in [3.05, 3.63) is 22.8 Å². The average molecular weight is 298 g/mol. The second kappa shape index (κ2) is 6.09. The largest absolute Gasteiger partial charge is 0.465 e. The van der Waals surface area contributed by atoms with E-state index < -0.39 is 6.09 Å². The molecule has 0 saturated carbocycles. The van der Waals surface area contributed by atoms with E-state index in [-0.39, 0.29) is 11.8 Å². The second-order valence-corrected chi connectivity index (χ2v) is 5.19. The lowest BCUT2D eigenvalue weighted by molar-refractivity contribution is 0.101. The van der Waals surface area contributed by atoms with Crippen LogP contribution in [0.2, 0.25) is 5.15 Å². The van der Waals surface area contributed by atoms with Gasteiger partial charge >= 0.3 is 6.09 Å². The molecule has 0 radical (unpaired) electrons. The van der Waals surface area contributed by atoms with Gasteiger partial charge in [-0.2, -0.15) is 0 Å². The number of Topliss-reactive ketones (excluding diaryl/α,β-unsaturated/α-hetero) is 1. The van der Waals surface area contributed by atoms with Gasteiger partial charge in [-0.15, -0.1) is 0 Å². The molecule has 0 atom stereocenters. The van der Waals surface area contributed by atoms with Gasteiger partial charge in [-0.3, -0.25) is 4.79 Å². The Labute approximate surface area is 121 Å². The third-order valence-corrected chi connectivity index (χ3v) is 3.53. The number of hydrogen-bond donors (Lipinski definition) is 2. The molecule has 1 aliphatic rings. The van der Waals surface area contributed by atoms with E-state index in [0.717, 1.165) is 0 Å². The second-order valence-electron chi connectivity index (χ2n) is 4.80. The molecule has 1 aromatic rings. The van der Waals surface area contributed by atoms with Gasteiger partial charge in [-0.25, -0.2) is 9.78 Å². The predicted molar refractivity (Wildman–Crippen MR) is 75.6 cm³/mol. The zero-order valence-electron chi connectivity index (χ0n) is 11.1. The standard InChI is InChI=1S/C13H16ClN3O3/c1-8(18)9-6-11(14)16-12(7-9)17-4-2-10(3-5-17)15-13(19)20/h6-7,10,15H,2-5H2,1H3,(H,19,20). The molecule has 20 heavy (non-hydrogen) atoms. The normalized spacial score (nSPS) is 16.0. The van der Waals surface area contributed by atoms with E-state index >= 15 is 0 Å². The van der Waals surface area contributed by atoms with Gasteiger partial charge in [0.1, 0.15) is 11.0 Å². The van der Waals surface area contributed by atoms with E-state index in [1.165, 1.54) is 6.92 Å². The number of aromatic nitrogens is 1. The maximum atomic E-state index is 11.4. The third kappa shape index (κ3) is 3.60. The van der Waals surface area contributed by atoms with E-state index in [2.05, 4.69) is 10.3 Å². The molecule has 0 bridgehead atoms. The Kier molecular flexibility index (Phi) is 4.44. The predicted octanol–water partition coefficient (Wildman–Crippen LogP) is 2.17. The molecule has 1 aromatic heterocycles. The Bertz CT molecular complexity index is 528. The maximum absolute atomic E-state index is 11.4. The Hall–Kier alpha value is -1.82. The smallest absolute Gasteiger partial charge is 0.404 e. The molecule has 0 aliphatic carbocycles. The monoisotopic (exact) mass is 297 g/mol. The first-order valence-corrected chi connectivity index (χ1v) is 6.76. The van der Waals surface area contributed by atoms with Gasteiger partial charge in [0.05, 0.1) is 0 Å². The van der Waals surface area contributed by atoms with Crippen molar-refractivity contribution in [2.45, 2.75) is 25.8 Å². The molecule has 1 aliphatic heterocycles. The molecule has 1 fully saturated rings. The van der Waals surface area contributed by atoms with E-state index in [0.29, 0.717) is 42.5 Å². The summed E-state index contributed by atoms with van der Waals surface area (Å²) < 4.78 is 0. The van der Waals surface area contributed by atoms with Gasteiger partial charge in [0, 0.05) is 24.7 Å². The van der Waals surface area contributed by atoms with Crippen molar-refractivity contribution >= 4 is 29.3 Å². The van der Waals surface area contributed by atoms with Crippen LogP contribution in [0.1, 0.15) is 30.1 Å². The minimum Gasteiger partial charge on any atom is -0.465 e. The van der Waals surface area contributed by atoms with E-state index in [4.69, 9.17) is 16.7 Å². The minimum atomic E-state index is -0.997. The highest BCUT2D eigenvalue weighted by atomic mass is 35.5. The Morgan fingerprint density at radius 2 is 2.05 bits per heavy atom. The highest BCUT2D eigenvalue weighted by Gasteiger charge is 2.22. The number of halogens is 1. The van der Waals surface area contributed by atoms with Crippen LogP contribution in [-0.2, 0) is 0 Å². The van der Waals surface area contributed by atoms with Crippen LogP contribution in [0.25, 0.3) is 0 Å². The molecule has 0 unspecified atom stereocenters. The molecule has 1 saturated heterocycles. The van der Waals surface area contributed by atoms with Crippen LogP contribution in [0, 0.1) is 0 Å². The zero-order valence-corrected chi connectivity index (χ0v) is 11.9. The lowest BCUT2D eigenvalue weighted by Gasteiger charge is -2.32. The summed E-state index contributed by atoms with van der Waals surface area (Å²) >= 11 is 5.93. The van der Waals surface area contributed by atoms with Crippen molar-refractivity contribution < 1.29 is 14.7 Å². The number of hydrogen-bond acceptors (Lipinski definition) is 4. The lowest BCUT2D eigenvalue weighted by Crippen LogP contribution is -2.44. The SMILES string of the molecule is CC(=O)c1cc(Cl)nc(N2CCC(NC(=O)O)CC2)c1. The maximum Gasteiger partial charge on any atom is 0.404 e. The number of piperidine rings is 1. The summed E-state index contributed by atoms with van der Waals surface area (Å²) in [6.45, 7) is 2.84. The number of rotatable bonds is 3. The fraction of sp³-hybridized carbons (Fsp3) is 0.462. The van der Waals surface area contributed by atoms with Crippen LogP contribution in [0.15, 0.2) is 12.1 Å². The third-order valence-electron chi connectivity index (χ3n) is 3.33. The zero-order chi connectivity index (χ0) is 14.7. The number of pyridine rings is 1. The van der Waals surface area contributed by atoms with Crippen molar-refractivity contribution in [1.82, 2.24) is 10.3 Å². The summed E-state index contributed by atoms with van der Waals surface area (Å²) in [4.78, 5) is 28.3. The van der Waals surface area contributed by atoms with Crippen molar-refractivity contribution in [3.63, 3.8) is 0 Å². The molecule has 1 amide bonds. The quantitative estimate of drug-likeness (QED) is 0.660. The Morgan fingerprint density at radius 3 is 2.60 bits per heavy atom. The summed E-state index contributed by atoms with van der Waals surface area (Å²) in [7, 11) is 0. The van der Waals surface area contributed by atoms with Gasteiger partial charge in [0.25, 0.3) is 0 Å². The molecule has 2 rings (SSSR count).